The zero-order valence-electron chi connectivity index (χ0n) is 17.2. The van der Waals surface area contributed by atoms with E-state index in [-0.39, 0.29) is 23.8 Å². The van der Waals surface area contributed by atoms with Gasteiger partial charge in [0, 0.05) is 52.7 Å². The number of carbonyl (C=O) groups is 2. The highest BCUT2D eigenvalue weighted by Crippen LogP contribution is 2.21. The summed E-state index contributed by atoms with van der Waals surface area (Å²) in [5.41, 5.74) is 1.50. The number of likely N-dealkylation sites (N-methyl/N-ethyl adjacent to an activating group) is 2. The number of aromatic nitrogens is 2. The van der Waals surface area contributed by atoms with Crippen LogP contribution in [0.4, 0.5) is 5.69 Å². The summed E-state index contributed by atoms with van der Waals surface area (Å²) in [5, 5.41) is 2.83. The second-order valence-electron chi connectivity index (χ2n) is 7.54. The van der Waals surface area contributed by atoms with E-state index in [1.54, 1.807) is 22.0 Å². The first-order valence-electron chi connectivity index (χ1n) is 9.83. The molecule has 1 aliphatic rings. The maximum atomic E-state index is 12.7. The van der Waals surface area contributed by atoms with Crippen LogP contribution in [0.15, 0.2) is 42.9 Å². The Morgan fingerprint density at radius 1 is 1.24 bits per heavy atom. The lowest BCUT2D eigenvalue weighted by molar-refractivity contribution is -0.134. The Kier molecular flexibility index (Phi) is 6.87. The third-order valence-electron chi connectivity index (χ3n) is 5.20. The van der Waals surface area contributed by atoms with Gasteiger partial charge in [-0.3, -0.25) is 9.59 Å². The summed E-state index contributed by atoms with van der Waals surface area (Å²) in [6, 6.07) is 10.1. The molecule has 2 aromatic rings. The Bertz CT molecular complexity index is 823. The maximum Gasteiger partial charge on any atom is 0.271 e. The fraction of sp³-hybridized carbons (Fsp3) is 0.476. The van der Waals surface area contributed by atoms with E-state index >= 15 is 0 Å². The van der Waals surface area contributed by atoms with Crippen molar-refractivity contribution in [1.29, 1.82) is 0 Å². The van der Waals surface area contributed by atoms with Crippen LogP contribution < -0.4 is 10.2 Å². The van der Waals surface area contributed by atoms with Crippen LogP contribution in [-0.4, -0.2) is 72.7 Å². The SMILES string of the molecule is CN(CCN(C)c1ccccc1)C(=O)[C@@H]1CO[C@H](CNC(=O)c2cn(C)cn2)C1. The van der Waals surface area contributed by atoms with E-state index in [2.05, 4.69) is 27.3 Å². The third-order valence-corrected chi connectivity index (χ3v) is 5.20. The monoisotopic (exact) mass is 399 g/mol. The van der Waals surface area contributed by atoms with E-state index in [4.69, 9.17) is 4.74 Å². The minimum absolute atomic E-state index is 0.0880. The van der Waals surface area contributed by atoms with Crippen molar-refractivity contribution in [2.24, 2.45) is 13.0 Å². The number of anilines is 1. The predicted octanol–water partition coefficient (Wildman–Crippen LogP) is 1.15. The van der Waals surface area contributed by atoms with Crippen molar-refractivity contribution >= 4 is 17.5 Å². The highest BCUT2D eigenvalue weighted by molar-refractivity contribution is 5.92. The lowest BCUT2D eigenvalue weighted by Gasteiger charge is -2.25. The van der Waals surface area contributed by atoms with E-state index in [0.717, 1.165) is 12.2 Å². The van der Waals surface area contributed by atoms with Crippen LogP contribution >= 0.6 is 0 Å². The van der Waals surface area contributed by atoms with Gasteiger partial charge in [-0.15, -0.1) is 0 Å². The predicted molar refractivity (Wildman–Crippen MR) is 111 cm³/mol. The molecule has 0 radical (unpaired) electrons. The molecule has 3 rings (SSSR count). The molecule has 1 aliphatic heterocycles. The topological polar surface area (TPSA) is 79.7 Å². The highest BCUT2D eigenvalue weighted by atomic mass is 16.5. The Labute approximate surface area is 171 Å². The van der Waals surface area contributed by atoms with E-state index in [9.17, 15) is 9.59 Å². The third kappa shape index (κ3) is 5.57. The standard InChI is InChI=1S/C21H29N5O3/c1-24-13-19(23-15-24)20(27)22-12-18-11-16(14-29-18)21(28)26(3)10-9-25(2)17-7-5-4-6-8-17/h4-8,13,15-16,18H,9-12,14H2,1-3H3,(H,22,27)/t16-,18-/m0/s1. The normalized spacial score (nSPS) is 18.4. The van der Waals surface area contributed by atoms with Crippen LogP contribution in [0.25, 0.3) is 0 Å². The van der Waals surface area contributed by atoms with Crippen LogP contribution in [0.2, 0.25) is 0 Å². The van der Waals surface area contributed by atoms with Gasteiger partial charge in [0.25, 0.3) is 5.91 Å². The average Bonchev–Trinajstić information content (AvgIpc) is 3.39. The zero-order valence-corrected chi connectivity index (χ0v) is 17.2. The smallest absolute Gasteiger partial charge is 0.271 e. The van der Waals surface area contributed by atoms with E-state index in [1.807, 2.05) is 39.3 Å². The lowest BCUT2D eigenvalue weighted by Crippen LogP contribution is -2.38. The molecule has 2 heterocycles. The number of imidazole rings is 1. The summed E-state index contributed by atoms with van der Waals surface area (Å²) in [7, 11) is 5.66. The Morgan fingerprint density at radius 3 is 2.69 bits per heavy atom. The number of nitrogens with zero attached hydrogens (tertiary/aromatic N) is 4. The summed E-state index contributed by atoms with van der Waals surface area (Å²) in [4.78, 5) is 32.7. The molecule has 1 N–H and O–H groups in total. The summed E-state index contributed by atoms with van der Waals surface area (Å²) in [5.74, 6) is -0.311. The van der Waals surface area contributed by atoms with Gasteiger partial charge in [0.2, 0.25) is 5.91 Å². The molecule has 0 unspecified atom stereocenters. The maximum absolute atomic E-state index is 12.7. The fourth-order valence-corrected chi connectivity index (χ4v) is 3.38. The van der Waals surface area contributed by atoms with Crippen molar-refractivity contribution < 1.29 is 14.3 Å². The molecule has 0 bridgehead atoms. The number of para-hydroxylation sites is 1. The highest BCUT2D eigenvalue weighted by Gasteiger charge is 2.32. The number of amides is 2. The largest absolute Gasteiger partial charge is 0.376 e. The van der Waals surface area contributed by atoms with Gasteiger partial charge in [-0.05, 0) is 18.6 Å². The fourth-order valence-electron chi connectivity index (χ4n) is 3.38. The average molecular weight is 399 g/mol. The van der Waals surface area contributed by atoms with Gasteiger partial charge in [-0.1, -0.05) is 18.2 Å². The Morgan fingerprint density at radius 2 is 2.00 bits per heavy atom. The van der Waals surface area contributed by atoms with Crippen LogP contribution in [0.3, 0.4) is 0 Å². The molecule has 8 heteroatoms. The molecule has 8 nitrogen and oxygen atoms in total. The second kappa shape index (κ2) is 9.56. The van der Waals surface area contributed by atoms with Crippen molar-refractivity contribution in [1.82, 2.24) is 19.8 Å². The molecule has 1 fully saturated rings. The molecule has 1 aromatic heterocycles. The van der Waals surface area contributed by atoms with Crippen molar-refractivity contribution in [3.8, 4) is 0 Å². The molecule has 1 saturated heterocycles. The molecular weight excluding hydrogens is 370 g/mol. The molecule has 2 atom stereocenters. The molecule has 0 aliphatic carbocycles. The number of hydrogen-bond donors (Lipinski definition) is 1. The van der Waals surface area contributed by atoms with Crippen molar-refractivity contribution in [3.63, 3.8) is 0 Å². The number of nitrogens with one attached hydrogen (secondary N) is 1. The first-order valence-corrected chi connectivity index (χ1v) is 9.83. The van der Waals surface area contributed by atoms with Crippen LogP contribution in [0.5, 0.6) is 0 Å². The first kappa shape index (κ1) is 20.9. The first-order chi connectivity index (χ1) is 13.9. The van der Waals surface area contributed by atoms with Crippen molar-refractivity contribution in [2.45, 2.75) is 12.5 Å². The van der Waals surface area contributed by atoms with Gasteiger partial charge in [-0.2, -0.15) is 0 Å². The Hall–Kier alpha value is -2.87. The summed E-state index contributed by atoms with van der Waals surface area (Å²) in [6.45, 7) is 2.16. The number of ether oxygens (including phenoxy) is 1. The molecule has 2 amide bonds. The van der Waals surface area contributed by atoms with Gasteiger partial charge in [0.05, 0.1) is 25.0 Å². The van der Waals surface area contributed by atoms with Crippen LogP contribution in [0, 0.1) is 5.92 Å². The van der Waals surface area contributed by atoms with E-state index in [0.29, 0.717) is 31.8 Å². The zero-order chi connectivity index (χ0) is 20.8. The van der Waals surface area contributed by atoms with E-state index in [1.165, 1.54) is 0 Å². The second-order valence-corrected chi connectivity index (χ2v) is 7.54. The number of rotatable bonds is 8. The van der Waals surface area contributed by atoms with E-state index < -0.39 is 0 Å². The summed E-state index contributed by atoms with van der Waals surface area (Å²) >= 11 is 0. The minimum Gasteiger partial charge on any atom is -0.376 e. The van der Waals surface area contributed by atoms with Crippen molar-refractivity contribution in [2.75, 3.05) is 45.2 Å². The van der Waals surface area contributed by atoms with Gasteiger partial charge in [0.1, 0.15) is 5.69 Å². The number of hydrogen-bond acceptors (Lipinski definition) is 5. The number of carbonyl (C=O) groups excluding carboxylic acids is 2. The summed E-state index contributed by atoms with van der Waals surface area (Å²) < 4.78 is 7.45. The van der Waals surface area contributed by atoms with Gasteiger partial charge in [0.15, 0.2) is 0 Å². The van der Waals surface area contributed by atoms with Crippen LogP contribution in [-0.2, 0) is 16.6 Å². The molecular formula is C21H29N5O3. The Balaban J connectivity index is 1.40. The van der Waals surface area contributed by atoms with Crippen molar-refractivity contribution in [3.05, 3.63) is 48.5 Å². The molecule has 156 valence electrons. The quantitative estimate of drug-likeness (QED) is 0.720. The molecule has 0 spiro atoms. The minimum atomic E-state index is -0.231. The number of aryl methyl sites for hydroxylation is 1. The molecule has 29 heavy (non-hydrogen) atoms. The summed E-state index contributed by atoms with van der Waals surface area (Å²) in [6.07, 6.45) is 3.71. The molecule has 0 saturated carbocycles. The van der Waals surface area contributed by atoms with Gasteiger partial charge in [-0.25, -0.2) is 4.98 Å². The molecule has 1 aromatic carbocycles. The van der Waals surface area contributed by atoms with Crippen LogP contribution in [0.1, 0.15) is 16.9 Å². The number of benzene rings is 1. The lowest BCUT2D eigenvalue weighted by atomic mass is 10.0. The van der Waals surface area contributed by atoms with Gasteiger partial charge < -0.3 is 24.4 Å². The van der Waals surface area contributed by atoms with Gasteiger partial charge >= 0.3 is 0 Å².